The van der Waals surface area contributed by atoms with Gasteiger partial charge in [-0.25, -0.2) is 0 Å². The summed E-state index contributed by atoms with van der Waals surface area (Å²) in [5.41, 5.74) is 4.43. The van der Waals surface area contributed by atoms with E-state index in [4.69, 9.17) is 0 Å². The van der Waals surface area contributed by atoms with Crippen LogP contribution in [0.2, 0.25) is 0 Å². The zero-order valence-electron chi connectivity index (χ0n) is 12.7. The fourth-order valence-electron chi connectivity index (χ4n) is 2.23. The van der Waals surface area contributed by atoms with E-state index in [-0.39, 0.29) is 0 Å². The standard InChI is InChI=1S/C18H22BrNO/c1-12(2)14-7-9-15(10-8-14)18(21)11-20-17-6-4-5-16(19)13(17)3/h4-10,12,18,20-21H,11H2,1-3H3. The fourth-order valence-corrected chi connectivity index (χ4v) is 2.59. The molecule has 0 bridgehead atoms. The van der Waals surface area contributed by atoms with E-state index in [0.29, 0.717) is 12.5 Å². The summed E-state index contributed by atoms with van der Waals surface area (Å²) >= 11 is 3.52. The molecule has 21 heavy (non-hydrogen) atoms. The predicted molar refractivity (Wildman–Crippen MR) is 92.9 cm³/mol. The monoisotopic (exact) mass is 347 g/mol. The molecule has 0 amide bonds. The molecule has 0 aliphatic heterocycles. The summed E-state index contributed by atoms with van der Waals surface area (Å²) in [6.07, 6.45) is -0.510. The van der Waals surface area contributed by atoms with Crippen LogP contribution in [0, 0.1) is 6.92 Å². The molecule has 0 saturated carbocycles. The van der Waals surface area contributed by atoms with Crippen LogP contribution in [0.4, 0.5) is 5.69 Å². The van der Waals surface area contributed by atoms with Crippen LogP contribution in [0.15, 0.2) is 46.9 Å². The van der Waals surface area contributed by atoms with Crippen LogP contribution >= 0.6 is 15.9 Å². The summed E-state index contributed by atoms with van der Waals surface area (Å²) in [5.74, 6) is 0.513. The normalized spacial score (nSPS) is 12.5. The van der Waals surface area contributed by atoms with Crippen LogP contribution in [0.5, 0.6) is 0 Å². The highest BCUT2D eigenvalue weighted by Crippen LogP contribution is 2.24. The first-order valence-corrected chi connectivity index (χ1v) is 8.05. The van der Waals surface area contributed by atoms with Gasteiger partial charge in [0.2, 0.25) is 0 Å². The van der Waals surface area contributed by atoms with E-state index in [0.717, 1.165) is 21.3 Å². The lowest BCUT2D eigenvalue weighted by Crippen LogP contribution is -2.13. The van der Waals surface area contributed by atoms with Gasteiger partial charge in [0.15, 0.2) is 0 Å². The number of aliphatic hydroxyl groups excluding tert-OH is 1. The second-order valence-electron chi connectivity index (χ2n) is 5.63. The lowest BCUT2D eigenvalue weighted by Gasteiger charge is -2.16. The lowest BCUT2D eigenvalue weighted by molar-refractivity contribution is 0.191. The van der Waals surface area contributed by atoms with E-state index in [2.05, 4.69) is 54.2 Å². The summed E-state index contributed by atoms with van der Waals surface area (Å²) in [6.45, 7) is 6.89. The molecular formula is C18H22BrNO. The molecule has 0 aliphatic rings. The van der Waals surface area contributed by atoms with Crippen molar-refractivity contribution < 1.29 is 5.11 Å². The van der Waals surface area contributed by atoms with E-state index < -0.39 is 6.10 Å². The third kappa shape index (κ3) is 4.08. The molecule has 0 fully saturated rings. The molecule has 0 aliphatic carbocycles. The van der Waals surface area contributed by atoms with Crippen molar-refractivity contribution >= 4 is 21.6 Å². The number of hydrogen-bond acceptors (Lipinski definition) is 2. The van der Waals surface area contributed by atoms with Crippen LogP contribution < -0.4 is 5.32 Å². The quantitative estimate of drug-likeness (QED) is 0.795. The molecule has 0 radical (unpaired) electrons. The van der Waals surface area contributed by atoms with Gasteiger partial charge in [0.05, 0.1) is 6.10 Å². The van der Waals surface area contributed by atoms with E-state index in [1.165, 1.54) is 5.56 Å². The first-order chi connectivity index (χ1) is 9.99. The fraction of sp³-hybridized carbons (Fsp3) is 0.333. The maximum Gasteiger partial charge on any atom is 0.0962 e. The summed E-state index contributed by atoms with van der Waals surface area (Å²) in [5, 5.41) is 13.6. The Kier molecular flexibility index (Phi) is 5.43. The maximum absolute atomic E-state index is 10.3. The predicted octanol–water partition coefficient (Wildman–Crippen LogP) is 5.03. The molecule has 0 aromatic heterocycles. The Hall–Kier alpha value is -1.32. The maximum atomic E-state index is 10.3. The van der Waals surface area contributed by atoms with Gasteiger partial charge in [-0.2, -0.15) is 0 Å². The summed E-state index contributed by atoms with van der Waals surface area (Å²) in [4.78, 5) is 0. The molecule has 1 atom stereocenters. The van der Waals surface area contributed by atoms with Gasteiger partial charge in [-0.15, -0.1) is 0 Å². The highest BCUT2D eigenvalue weighted by Gasteiger charge is 2.09. The van der Waals surface area contributed by atoms with Crippen LogP contribution in [0.3, 0.4) is 0 Å². The minimum atomic E-state index is -0.510. The van der Waals surface area contributed by atoms with Crippen molar-refractivity contribution in [3.63, 3.8) is 0 Å². The first kappa shape index (κ1) is 16.1. The molecule has 1 unspecified atom stereocenters. The molecule has 2 N–H and O–H groups in total. The number of aliphatic hydroxyl groups is 1. The second-order valence-corrected chi connectivity index (χ2v) is 6.48. The minimum Gasteiger partial charge on any atom is -0.387 e. The molecule has 2 rings (SSSR count). The summed E-state index contributed by atoms with van der Waals surface area (Å²) in [6, 6.07) is 14.2. The van der Waals surface area contributed by atoms with Crippen molar-refractivity contribution in [1.29, 1.82) is 0 Å². The van der Waals surface area contributed by atoms with Gasteiger partial charge in [0.25, 0.3) is 0 Å². The molecule has 0 spiro atoms. The van der Waals surface area contributed by atoms with Crippen molar-refractivity contribution in [1.82, 2.24) is 0 Å². The Morgan fingerprint density at radius 3 is 2.29 bits per heavy atom. The summed E-state index contributed by atoms with van der Waals surface area (Å²) < 4.78 is 1.07. The Labute approximate surface area is 135 Å². The number of rotatable bonds is 5. The Bertz CT molecular complexity index is 593. The molecule has 2 aromatic rings. The van der Waals surface area contributed by atoms with Crippen molar-refractivity contribution in [2.24, 2.45) is 0 Å². The number of anilines is 1. The number of halogens is 1. The van der Waals surface area contributed by atoms with Gasteiger partial charge >= 0.3 is 0 Å². The molecule has 2 nitrogen and oxygen atoms in total. The number of hydrogen-bond donors (Lipinski definition) is 2. The second kappa shape index (κ2) is 7.10. The van der Waals surface area contributed by atoms with Crippen molar-refractivity contribution in [2.75, 3.05) is 11.9 Å². The molecule has 3 heteroatoms. The van der Waals surface area contributed by atoms with Crippen LogP contribution in [0.25, 0.3) is 0 Å². The number of benzene rings is 2. The molecular weight excluding hydrogens is 326 g/mol. The lowest BCUT2D eigenvalue weighted by atomic mass is 10.00. The highest BCUT2D eigenvalue weighted by atomic mass is 79.9. The van der Waals surface area contributed by atoms with Gasteiger partial charge in [-0.1, -0.05) is 60.1 Å². The molecule has 112 valence electrons. The topological polar surface area (TPSA) is 32.3 Å². The third-order valence-corrected chi connectivity index (χ3v) is 4.60. The zero-order valence-corrected chi connectivity index (χ0v) is 14.3. The summed E-state index contributed by atoms with van der Waals surface area (Å²) in [7, 11) is 0. The molecule has 0 heterocycles. The number of nitrogens with one attached hydrogen (secondary N) is 1. The van der Waals surface area contributed by atoms with Gasteiger partial charge in [0, 0.05) is 16.7 Å². The van der Waals surface area contributed by atoms with Gasteiger partial charge in [-0.05, 0) is 41.7 Å². The SMILES string of the molecule is Cc1c(Br)cccc1NCC(O)c1ccc(C(C)C)cc1. The van der Waals surface area contributed by atoms with Crippen molar-refractivity contribution in [3.8, 4) is 0 Å². The van der Waals surface area contributed by atoms with E-state index in [1.807, 2.05) is 30.3 Å². The Morgan fingerprint density at radius 1 is 1.05 bits per heavy atom. The average molecular weight is 348 g/mol. The van der Waals surface area contributed by atoms with Crippen LogP contribution in [-0.4, -0.2) is 11.7 Å². The van der Waals surface area contributed by atoms with E-state index in [9.17, 15) is 5.11 Å². The van der Waals surface area contributed by atoms with Gasteiger partial charge in [-0.3, -0.25) is 0 Å². The van der Waals surface area contributed by atoms with Crippen molar-refractivity contribution in [2.45, 2.75) is 32.8 Å². The van der Waals surface area contributed by atoms with E-state index in [1.54, 1.807) is 0 Å². The highest BCUT2D eigenvalue weighted by molar-refractivity contribution is 9.10. The van der Waals surface area contributed by atoms with Crippen LogP contribution in [0.1, 0.15) is 42.6 Å². The molecule has 0 saturated heterocycles. The third-order valence-electron chi connectivity index (χ3n) is 3.74. The van der Waals surface area contributed by atoms with Crippen molar-refractivity contribution in [3.05, 3.63) is 63.6 Å². The largest absolute Gasteiger partial charge is 0.387 e. The minimum absolute atomic E-state index is 0.498. The van der Waals surface area contributed by atoms with Gasteiger partial charge in [0.1, 0.15) is 0 Å². The average Bonchev–Trinajstić information content (AvgIpc) is 2.48. The molecule has 2 aromatic carbocycles. The van der Waals surface area contributed by atoms with Gasteiger partial charge < -0.3 is 10.4 Å². The van der Waals surface area contributed by atoms with Crippen LogP contribution in [-0.2, 0) is 0 Å². The first-order valence-electron chi connectivity index (χ1n) is 7.26. The Morgan fingerprint density at radius 2 is 1.67 bits per heavy atom. The Balaban J connectivity index is 2.01. The van der Waals surface area contributed by atoms with E-state index >= 15 is 0 Å². The zero-order chi connectivity index (χ0) is 15.4. The smallest absolute Gasteiger partial charge is 0.0962 e.